The lowest BCUT2D eigenvalue weighted by atomic mass is 10.2. The van der Waals surface area contributed by atoms with Gasteiger partial charge in [-0.25, -0.2) is 5.43 Å². The summed E-state index contributed by atoms with van der Waals surface area (Å²) in [7, 11) is 0. The summed E-state index contributed by atoms with van der Waals surface area (Å²) in [6.45, 7) is 0.617. The van der Waals surface area contributed by atoms with E-state index in [1.807, 2.05) is 48.5 Å². The summed E-state index contributed by atoms with van der Waals surface area (Å²) in [5.74, 6) is -0.960. The summed E-state index contributed by atoms with van der Waals surface area (Å²) in [5.41, 5.74) is 4.65. The summed E-state index contributed by atoms with van der Waals surface area (Å²) in [6.07, 6.45) is 3.06. The number of benzene rings is 2. The fourth-order valence-corrected chi connectivity index (χ4v) is 2.40. The molecule has 0 spiro atoms. The number of pyridine rings is 1. The number of hydrazone groups is 1. The van der Waals surface area contributed by atoms with Crippen LogP contribution in [0.25, 0.3) is 0 Å². The van der Waals surface area contributed by atoms with Crippen LogP contribution in [0.15, 0.2) is 84.1 Å². The van der Waals surface area contributed by atoms with Gasteiger partial charge in [0.15, 0.2) is 0 Å². The second-order valence-corrected chi connectivity index (χ2v) is 6.05. The molecular weight excluding hydrogens is 368 g/mol. The van der Waals surface area contributed by atoms with Crippen LogP contribution < -0.4 is 15.5 Å². The molecule has 0 saturated heterocycles. The van der Waals surface area contributed by atoms with Crippen molar-refractivity contribution in [2.75, 3.05) is 0 Å². The summed E-state index contributed by atoms with van der Waals surface area (Å²) in [5, 5.41) is 6.30. The van der Waals surface area contributed by atoms with Gasteiger partial charge in [-0.15, -0.1) is 0 Å². The van der Waals surface area contributed by atoms with Crippen LogP contribution in [0.5, 0.6) is 5.75 Å². The maximum atomic E-state index is 11.8. The Kier molecular flexibility index (Phi) is 7.06. The Bertz CT molecular complexity index is 976. The zero-order chi connectivity index (χ0) is 20.3. The van der Waals surface area contributed by atoms with Crippen molar-refractivity contribution in [1.82, 2.24) is 15.7 Å². The van der Waals surface area contributed by atoms with Crippen LogP contribution >= 0.6 is 0 Å². The number of amides is 2. The quantitative estimate of drug-likeness (QED) is 0.369. The second-order valence-electron chi connectivity index (χ2n) is 6.05. The van der Waals surface area contributed by atoms with Gasteiger partial charge in [0, 0.05) is 6.20 Å². The molecule has 2 amide bonds. The lowest BCUT2D eigenvalue weighted by molar-refractivity contribution is -0.139. The molecule has 1 heterocycles. The van der Waals surface area contributed by atoms with Crippen molar-refractivity contribution in [3.8, 4) is 5.75 Å². The van der Waals surface area contributed by atoms with Gasteiger partial charge in [-0.05, 0) is 35.4 Å². The maximum absolute atomic E-state index is 11.8. The average molecular weight is 388 g/mol. The van der Waals surface area contributed by atoms with E-state index in [-0.39, 0.29) is 6.54 Å². The van der Waals surface area contributed by atoms with Crippen molar-refractivity contribution in [1.29, 1.82) is 0 Å². The molecule has 0 unspecified atom stereocenters. The largest absolute Gasteiger partial charge is 0.489 e. The van der Waals surface area contributed by atoms with Crippen molar-refractivity contribution < 1.29 is 14.3 Å². The number of hydrogen-bond donors (Lipinski definition) is 2. The molecule has 7 nitrogen and oxygen atoms in total. The Morgan fingerprint density at radius 3 is 2.59 bits per heavy atom. The molecule has 0 aliphatic heterocycles. The van der Waals surface area contributed by atoms with E-state index >= 15 is 0 Å². The standard InChI is InChI=1S/C22H20N4O3/c27-21(24-15-19-10-4-5-12-23-19)22(28)26-25-14-18-9-6-11-20(13-18)29-16-17-7-2-1-3-8-17/h1-14H,15-16H2,(H,24,27)(H,26,28). The molecule has 1 aromatic heterocycles. The molecule has 29 heavy (non-hydrogen) atoms. The molecule has 3 rings (SSSR count). The summed E-state index contributed by atoms with van der Waals surface area (Å²) in [4.78, 5) is 27.7. The van der Waals surface area contributed by atoms with E-state index in [0.717, 1.165) is 11.1 Å². The van der Waals surface area contributed by atoms with Crippen LogP contribution in [0.4, 0.5) is 0 Å². The predicted octanol–water partition coefficient (Wildman–Crippen LogP) is 2.43. The Hall–Kier alpha value is -4.00. The lowest BCUT2D eigenvalue weighted by Gasteiger charge is -2.06. The monoisotopic (exact) mass is 388 g/mol. The number of aromatic nitrogens is 1. The van der Waals surface area contributed by atoms with Gasteiger partial charge in [-0.1, -0.05) is 48.5 Å². The minimum absolute atomic E-state index is 0.164. The Morgan fingerprint density at radius 1 is 0.966 bits per heavy atom. The third-order valence-corrected chi connectivity index (χ3v) is 3.85. The van der Waals surface area contributed by atoms with Gasteiger partial charge >= 0.3 is 11.8 Å². The molecule has 0 saturated carbocycles. The molecule has 2 aromatic carbocycles. The maximum Gasteiger partial charge on any atom is 0.329 e. The Morgan fingerprint density at radius 2 is 1.79 bits per heavy atom. The fourth-order valence-electron chi connectivity index (χ4n) is 2.40. The van der Waals surface area contributed by atoms with Crippen molar-refractivity contribution in [3.63, 3.8) is 0 Å². The predicted molar refractivity (Wildman–Crippen MR) is 109 cm³/mol. The molecule has 0 aliphatic rings. The normalized spacial score (nSPS) is 10.5. The Balaban J connectivity index is 1.46. The van der Waals surface area contributed by atoms with Gasteiger partial charge in [0.05, 0.1) is 18.5 Å². The van der Waals surface area contributed by atoms with Gasteiger partial charge in [-0.2, -0.15) is 5.10 Å². The lowest BCUT2D eigenvalue weighted by Crippen LogP contribution is -2.37. The van der Waals surface area contributed by atoms with E-state index in [1.54, 1.807) is 30.5 Å². The van der Waals surface area contributed by atoms with Crippen LogP contribution in [0, 0.1) is 0 Å². The van der Waals surface area contributed by atoms with Crippen molar-refractivity contribution in [3.05, 3.63) is 95.8 Å². The minimum atomic E-state index is -0.853. The third kappa shape index (κ3) is 6.59. The first kappa shape index (κ1) is 19.8. The number of nitrogens with zero attached hydrogens (tertiary/aromatic N) is 2. The van der Waals surface area contributed by atoms with E-state index < -0.39 is 11.8 Å². The summed E-state index contributed by atoms with van der Waals surface area (Å²) in [6, 6.07) is 22.4. The fraction of sp³-hybridized carbons (Fsp3) is 0.0909. The number of rotatable bonds is 7. The van der Waals surface area contributed by atoms with Crippen LogP contribution in [-0.4, -0.2) is 23.0 Å². The molecule has 2 N–H and O–H groups in total. The van der Waals surface area contributed by atoms with Gasteiger partial charge in [-0.3, -0.25) is 14.6 Å². The summed E-state index contributed by atoms with van der Waals surface area (Å²) >= 11 is 0. The molecule has 0 fully saturated rings. The zero-order valence-electron chi connectivity index (χ0n) is 15.6. The number of carbonyl (C=O) groups excluding carboxylic acids is 2. The average Bonchev–Trinajstić information content (AvgIpc) is 2.77. The highest BCUT2D eigenvalue weighted by atomic mass is 16.5. The van der Waals surface area contributed by atoms with E-state index in [2.05, 4.69) is 20.8 Å². The number of ether oxygens (including phenoxy) is 1. The third-order valence-electron chi connectivity index (χ3n) is 3.85. The van der Waals surface area contributed by atoms with Crippen LogP contribution in [0.1, 0.15) is 16.8 Å². The van der Waals surface area contributed by atoms with Gasteiger partial charge in [0.2, 0.25) is 0 Å². The van der Waals surface area contributed by atoms with Crippen molar-refractivity contribution in [2.45, 2.75) is 13.2 Å². The van der Waals surface area contributed by atoms with E-state index in [0.29, 0.717) is 18.1 Å². The molecule has 146 valence electrons. The number of nitrogens with one attached hydrogen (secondary N) is 2. The minimum Gasteiger partial charge on any atom is -0.489 e. The van der Waals surface area contributed by atoms with E-state index in [1.165, 1.54) is 6.21 Å². The van der Waals surface area contributed by atoms with Crippen LogP contribution in [0.3, 0.4) is 0 Å². The zero-order valence-corrected chi connectivity index (χ0v) is 15.6. The van der Waals surface area contributed by atoms with Gasteiger partial charge < -0.3 is 10.1 Å². The second kappa shape index (κ2) is 10.4. The van der Waals surface area contributed by atoms with E-state index in [4.69, 9.17) is 4.74 Å². The van der Waals surface area contributed by atoms with Crippen molar-refractivity contribution in [2.24, 2.45) is 5.10 Å². The van der Waals surface area contributed by atoms with E-state index in [9.17, 15) is 9.59 Å². The summed E-state index contributed by atoms with van der Waals surface area (Å²) < 4.78 is 5.75. The molecular formula is C22H20N4O3. The number of carbonyl (C=O) groups is 2. The van der Waals surface area contributed by atoms with Gasteiger partial charge in [0.25, 0.3) is 0 Å². The molecule has 0 radical (unpaired) electrons. The first-order valence-corrected chi connectivity index (χ1v) is 8.98. The first-order chi connectivity index (χ1) is 14.2. The molecule has 0 bridgehead atoms. The first-order valence-electron chi connectivity index (χ1n) is 8.98. The Labute approximate surface area is 168 Å². The SMILES string of the molecule is O=C(NCc1ccccn1)C(=O)NN=Cc1cccc(OCc2ccccc2)c1. The number of hydrogen-bond acceptors (Lipinski definition) is 5. The van der Waals surface area contributed by atoms with Crippen molar-refractivity contribution >= 4 is 18.0 Å². The molecule has 0 aliphatic carbocycles. The topological polar surface area (TPSA) is 92.7 Å². The molecule has 7 heteroatoms. The highest BCUT2D eigenvalue weighted by molar-refractivity contribution is 6.35. The highest BCUT2D eigenvalue weighted by Gasteiger charge is 2.12. The van der Waals surface area contributed by atoms with Crippen LogP contribution in [-0.2, 0) is 22.7 Å². The molecule has 3 aromatic rings. The van der Waals surface area contributed by atoms with Gasteiger partial charge in [0.1, 0.15) is 12.4 Å². The van der Waals surface area contributed by atoms with Crippen LogP contribution in [0.2, 0.25) is 0 Å². The smallest absolute Gasteiger partial charge is 0.329 e. The molecule has 0 atom stereocenters. The highest BCUT2D eigenvalue weighted by Crippen LogP contribution is 2.14.